The van der Waals surface area contributed by atoms with Crippen molar-refractivity contribution >= 4 is 22.0 Å². The van der Waals surface area contributed by atoms with Crippen LogP contribution in [0.4, 0.5) is 0 Å². The molecule has 0 saturated carbocycles. The van der Waals surface area contributed by atoms with Gasteiger partial charge in [-0.25, -0.2) is 8.42 Å². The van der Waals surface area contributed by atoms with Crippen LogP contribution in [0.5, 0.6) is 0 Å². The number of carbonyl (C=O) groups is 2. The first kappa shape index (κ1) is 19.1. The minimum absolute atomic E-state index is 0.0406. The lowest BCUT2D eigenvalue weighted by atomic mass is 9.98. The van der Waals surface area contributed by atoms with E-state index in [-0.39, 0.29) is 4.90 Å². The third-order valence-corrected chi connectivity index (χ3v) is 4.30. The summed E-state index contributed by atoms with van der Waals surface area (Å²) in [5.41, 5.74) is -0.715. The van der Waals surface area contributed by atoms with Gasteiger partial charge in [0.15, 0.2) is 0 Å². The molecule has 1 aromatic rings. The van der Waals surface area contributed by atoms with Crippen LogP contribution >= 0.6 is 0 Å². The van der Waals surface area contributed by atoms with Gasteiger partial charge in [-0.15, -0.1) is 0 Å². The van der Waals surface area contributed by atoms with Gasteiger partial charge in [-0.05, 0) is 39.8 Å². The van der Waals surface area contributed by atoms with Crippen LogP contribution in [0.2, 0.25) is 0 Å². The van der Waals surface area contributed by atoms with Crippen LogP contribution in [0.3, 0.4) is 0 Å². The molecule has 128 valence electrons. The lowest BCUT2D eigenvalue weighted by Crippen LogP contribution is -2.40. The number of carbonyl (C=O) groups excluding carboxylic acids is 2. The lowest BCUT2D eigenvalue weighted by molar-refractivity contribution is -0.173. The zero-order valence-electron chi connectivity index (χ0n) is 13.5. The first-order valence-electron chi connectivity index (χ1n) is 6.95. The number of nitrogens with one attached hydrogen (secondary N) is 1. The Morgan fingerprint density at radius 2 is 1.70 bits per heavy atom. The van der Waals surface area contributed by atoms with E-state index in [9.17, 15) is 18.0 Å². The third kappa shape index (κ3) is 5.99. The standard InChI is InChI=1S/C15H21NO6S/c1-11(13(17)21-10-22-14(18)15(2,3)4)16-23(19,20)12-8-6-5-7-9-12/h5-9,11,16H,10H2,1-4H3. The number of hydrogen-bond donors (Lipinski definition) is 1. The van der Waals surface area contributed by atoms with E-state index in [0.29, 0.717) is 0 Å². The van der Waals surface area contributed by atoms with E-state index in [1.165, 1.54) is 19.1 Å². The molecule has 0 aliphatic carbocycles. The molecule has 0 bridgehead atoms. The second kappa shape index (κ2) is 7.56. The number of hydrogen-bond acceptors (Lipinski definition) is 6. The molecule has 0 aliphatic rings. The van der Waals surface area contributed by atoms with E-state index in [0.717, 1.165) is 0 Å². The SMILES string of the molecule is CC(NS(=O)(=O)c1ccccc1)C(=O)OCOC(=O)C(C)(C)C. The number of ether oxygens (including phenoxy) is 2. The highest BCUT2D eigenvalue weighted by Crippen LogP contribution is 2.15. The molecule has 0 fully saturated rings. The summed E-state index contributed by atoms with van der Waals surface area (Å²) in [6.07, 6.45) is 0. The molecule has 0 saturated heterocycles. The Morgan fingerprint density at radius 1 is 1.13 bits per heavy atom. The molecule has 1 unspecified atom stereocenters. The van der Waals surface area contributed by atoms with Crippen LogP contribution in [0, 0.1) is 5.41 Å². The van der Waals surface area contributed by atoms with Crippen LogP contribution in [-0.2, 0) is 29.1 Å². The van der Waals surface area contributed by atoms with Gasteiger partial charge in [-0.1, -0.05) is 18.2 Å². The van der Waals surface area contributed by atoms with Gasteiger partial charge in [0, 0.05) is 0 Å². The van der Waals surface area contributed by atoms with Crippen LogP contribution in [-0.4, -0.2) is 33.2 Å². The molecule has 0 amide bonds. The van der Waals surface area contributed by atoms with Gasteiger partial charge in [0.25, 0.3) is 0 Å². The molecule has 0 radical (unpaired) electrons. The van der Waals surface area contributed by atoms with E-state index in [2.05, 4.69) is 4.72 Å². The molecule has 1 atom stereocenters. The quantitative estimate of drug-likeness (QED) is 0.620. The monoisotopic (exact) mass is 343 g/mol. The number of benzene rings is 1. The maximum Gasteiger partial charge on any atom is 0.326 e. The fourth-order valence-electron chi connectivity index (χ4n) is 1.43. The summed E-state index contributed by atoms with van der Waals surface area (Å²) >= 11 is 0. The van der Waals surface area contributed by atoms with E-state index in [1.807, 2.05) is 0 Å². The van der Waals surface area contributed by atoms with Crippen LogP contribution in [0.15, 0.2) is 35.2 Å². The molecule has 23 heavy (non-hydrogen) atoms. The molecule has 1 aromatic carbocycles. The highest BCUT2D eigenvalue weighted by molar-refractivity contribution is 7.89. The predicted molar refractivity (Wildman–Crippen MR) is 82.7 cm³/mol. The fourth-order valence-corrected chi connectivity index (χ4v) is 2.64. The molecule has 1 N–H and O–H groups in total. The Labute approximate surface area is 136 Å². The van der Waals surface area contributed by atoms with E-state index >= 15 is 0 Å². The van der Waals surface area contributed by atoms with Crippen LogP contribution in [0.25, 0.3) is 0 Å². The second-order valence-electron chi connectivity index (χ2n) is 5.92. The number of sulfonamides is 1. The second-order valence-corrected chi connectivity index (χ2v) is 7.63. The van der Waals surface area contributed by atoms with Gasteiger partial charge in [0.2, 0.25) is 16.8 Å². The predicted octanol–water partition coefficient (Wildman–Crippen LogP) is 1.44. The van der Waals surface area contributed by atoms with Crippen LogP contribution < -0.4 is 4.72 Å². The summed E-state index contributed by atoms with van der Waals surface area (Å²) < 4.78 is 35.8. The van der Waals surface area contributed by atoms with Gasteiger partial charge < -0.3 is 9.47 Å². The zero-order valence-corrected chi connectivity index (χ0v) is 14.3. The van der Waals surface area contributed by atoms with Gasteiger partial charge in [-0.3, -0.25) is 9.59 Å². The first-order valence-corrected chi connectivity index (χ1v) is 8.43. The van der Waals surface area contributed by atoms with Crippen molar-refractivity contribution in [2.24, 2.45) is 5.41 Å². The number of rotatable bonds is 6. The molecular formula is C15H21NO6S. The van der Waals surface area contributed by atoms with Crippen molar-refractivity contribution in [1.29, 1.82) is 0 Å². The summed E-state index contributed by atoms with van der Waals surface area (Å²) in [7, 11) is -3.83. The number of esters is 2. The fraction of sp³-hybridized carbons (Fsp3) is 0.467. The van der Waals surface area contributed by atoms with Crippen molar-refractivity contribution in [1.82, 2.24) is 4.72 Å². The molecule has 0 heterocycles. The highest BCUT2D eigenvalue weighted by atomic mass is 32.2. The Bertz CT molecular complexity index is 648. The average molecular weight is 343 g/mol. The topological polar surface area (TPSA) is 98.8 Å². The first-order chi connectivity index (χ1) is 10.5. The summed E-state index contributed by atoms with van der Waals surface area (Å²) in [4.78, 5) is 23.3. The summed E-state index contributed by atoms with van der Waals surface area (Å²) in [5, 5.41) is 0. The summed E-state index contributed by atoms with van der Waals surface area (Å²) in [5.74, 6) is -1.37. The third-order valence-electron chi connectivity index (χ3n) is 2.74. The molecule has 0 aliphatic heterocycles. The van der Waals surface area contributed by atoms with Crippen LogP contribution in [0.1, 0.15) is 27.7 Å². The minimum atomic E-state index is -3.83. The van der Waals surface area contributed by atoms with Crippen molar-refractivity contribution < 1.29 is 27.5 Å². The van der Waals surface area contributed by atoms with Gasteiger partial charge in [0.1, 0.15) is 6.04 Å². The van der Waals surface area contributed by atoms with Crippen molar-refractivity contribution in [3.63, 3.8) is 0 Å². The van der Waals surface area contributed by atoms with E-state index < -0.39 is 40.2 Å². The maximum absolute atomic E-state index is 12.1. The van der Waals surface area contributed by atoms with E-state index in [4.69, 9.17) is 9.47 Å². The van der Waals surface area contributed by atoms with Crippen molar-refractivity contribution in [3.05, 3.63) is 30.3 Å². The zero-order chi connectivity index (χ0) is 17.7. The molecule has 0 spiro atoms. The molecule has 7 nitrogen and oxygen atoms in total. The molecular weight excluding hydrogens is 322 g/mol. The summed E-state index contributed by atoms with van der Waals surface area (Å²) in [6, 6.07) is 6.53. The molecule has 0 aromatic heterocycles. The van der Waals surface area contributed by atoms with Gasteiger partial charge in [-0.2, -0.15) is 4.72 Å². The molecule has 1 rings (SSSR count). The Hall–Kier alpha value is -1.93. The smallest absolute Gasteiger partial charge is 0.326 e. The normalized spacial score (nSPS) is 13.2. The van der Waals surface area contributed by atoms with Gasteiger partial charge >= 0.3 is 11.9 Å². The maximum atomic E-state index is 12.1. The minimum Gasteiger partial charge on any atom is -0.427 e. The largest absolute Gasteiger partial charge is 0.427 e. The highest BCUT2D eigenvalue weighted by Gasteiger charge is 2.25. The summed E-state index contributed by atoms with van der Waals surface area (Å²) in [6.45, 7) is 5.76. The Kier molecular flexibility index (Phi) is 6.28. The van der Waals surface area contributed by atoms with Crippen molar-refractivity contribution in [3.8, 4) is 0 Å². The van der Waals surface area contributed by atoms with Gasteiger partial charge in [0.05, 0.1) is 10.3 Å². The lowest BCUT2D eigenvalue weighted by Gasteiger charge is -2.17. The average Bonchev–Trinajstić information content (AvgIpc) is 2.46. The Morgan fingerprint density at radius 3 is 2.22 bits per heavy atom. The van der Waals surface area contributed by atoms with Crippen molar-refractivity contribution in [2.45, 2.75) is 38.6 Å². The molecule has 8 heteroatoms. The Balaban J connectivity index is 2.53. The van der Waals surface area contributed by atoms with Crippen molar-refractivity contribution in [2.75, 3.05) is 6.79 Å². The van der Waals surface area contributed by atoms with E-state index in [1.54, 1.807) is 39.0 Å².